The fraction of sp³-hybridized carbons (Fsp3) is 0.600. The van der Waals surface area contributed by atoms with E-state index in [4.69, 9.17) is 5.11 Å². The summed E-state index contributed by atoms with van der Waals surface area (Å²) in [6, 6.07) is 0. The Hall–Kier alpha value is -1.10. The third-order valence-electron chi connectivity index (χ3n) is 0.729. The first-order valence-electron chi connectivity index (χ1n) is 2.54. The molecule has 0 bridgehead atoms. The van der Waals surface area contributed by atoms with Crippen LogP contribution in [0.4, 0.5) is 0 Å². The van der Waals surface area contributed by atoms with Gasteiger partial charge in [0.25, 0.3) is 0 Å². The number of carboxylic acids is 1. The molecule has 58 valence electrons. The zero-order valence-corrected chi connectivity index (χ0v) is 5.83. The number of hydrogen-bond donors (Lipinski definition) is 1. The molecular weight excluding hydrogens is 138 g/mol. The lowest BCUT2D eigenvalue weighted by Gasteiger charge is -1.96. The molecule has 0 aliphatic rings. The SMILES string of the molecule is COCC(=NOC)C(=O)O. The second-order valence-corrected chi connectivity index (χ2v) is 1.46. The van der Waals surface area contributed by atoms with Gasteiger partial charge in [0, 0.05) is 7.11 Å². The predicted molar refractivity (Wildman–Crippen MR) is 34.0 cm³/mol. The van der Waals surface area contributed by atoms with Crippen molar-refractivity contribution in [3.63, 3.8) is 0 Å². The van der Waals surface area contributed by atoms with Crippen molar-refractivity contribution in [2.75, 3.05) is 20.8 Å². The number of rotatable bonds is 4. The van der Waals surface area contributed by atoms with Crippen LogP contribution < -0.4 is 0 Å². The summed E-state index contributed by atoms with van der Waals surface area (Å²) in [5.41, 5.74) is -0.148. The first-order valence-corrected chi connectivity index (χ1v) is 2.54. The van der Waals surface area contributed by atoms with Gasteiger partial charge in [-0.15, -0.1) is 0 Å². The van der Waals surface area contributed by atoms with Gasteiger partial charge in [-0.25, -0.2) is 4.79 Å². The second-order valence-electron chi connectivity index (χ2n) is 1.46. The Labute approximate surface area is 58.2 Å². The molecule has 0 rings (SSSR count). The van der Waals surface area contributed by atoms with Crippen molar-refractivity contribution in [1.29, 1.82) is 0 Å². The maximum absolute atomic E-state index is 10.2. The van der Waals surface area contributed by atoms with Crippen molar-refractivity contribution in [2.24, 2.45) is 5.16 Å². The van der Waals surface area contributed by atoms with Crippen LogP contribution >= 0.6 is 0 Å². The van der Waals surface area contributed by atoms with Gasteiger partial charge < -0.3 is 14.7 Å². The second kappa shape index (κ2) is 4.75. The smallest absolute Gasteiger partial charge is 0.356 e. The van der Waals surface area contributed by atoms with E-state index in [-0.39, 0.29) is 12.3 Å². The summed E-state index contributed by atoms with van der Waals surface area (Å²) in [7, 11) is 2.66. The van der Waals surface area contributed by atoms with E-state index in [2.05, 4.69) is 14.7 Å². The van der Waals surface area contributed by atoms with Gasteiger partial charge in [-0.2, -0.15) is 0 Å². The standard InChI is InChI=1S/C5H9NO4/c1-9-3-4(5(7)8)6-10-2/h3H2,1-2H3,(H,7,8). The Balaban J connectivity index is 3.98. The molecule has 0 aromatic rings. The van der Waals surface area contributed by atoms with Crippen LogP contribution in [-0.4, -0.2) is 37.6 Å². The summed E-state index contributed by atoms with van der Waals surface area (Å²) in [6.07, 6.45) is 0. The van der Waals surface area contributed by atoms with Gasteiger partial charge in [-0.1, -0.05) is 5.16 Å². The zero-order chi connectivity index (χ0) is 7.98. The maximum Gasteiger partial charge on any atom is 0.356 e. The fourth-order valence-electron chi connectivity index (χ4n) is 0.374. The molecular formula is C5H9NO4. The highest BCUT2D eigenvalue weighted by molar-refractivity contribution is 6.36. The van der Waals surface area contributed by atoms with Crippen molar-refractivity contribution in [3.05, 3.63) is 0 Å². The van der Waals surface area contributed by atoms with E-state index in [0.29, 0.717) is 0 Å². The van der Waals surface area contributed by atoms with Crippen LogP contribution in [-0.2, 0) is 14.4 Å². The van der Waals surface area contributed by atoms with Crippen molar-refractivity contribution in [3.8, 4) is 0 Å². The molecule has 5 heteroatoms. The summed E-state index contributed by atoms with van der Waals surface area (Å²) in [6.45, 7) is -0.0524. The number of hydrogen-bond acceptors (Lipinski definition) is 4. The molecule has 0 saturated heterocycles. The summed E-state index contributed by atoms with van der Waals surface area (Å²) >= 11 is 0. The first-order chi connectivity index (χ1) is 4.72. The molecule has 0 aromatic heterocycles. The van der Waals surface area contributed by atoms with Crippen LogP contribution in [0.1, 0.15) is 0 Å². The molecule has 0 saturated carbocycles. The van der Waals surface area contributed by atoms with E-state index in [1.54, 1.807) is 0 Å². The third-order valence-corrected chi connectivity index (χ3v) is 0.729. The van der Waals surface area contributed by atoms with E-state index in [9.17, 15) is 4.79 Å². The molecule has 0 aromatic carbocycles. The maximum atomic E-state index is 10.2. The molecule has 0 atom stereocenters. The molecule has 0 fully saturated rings. The first kappa shape index (κ1) is 8.90. The van der Waals surface area contributed by atoms with Crippen molar-refractivity contribution >= 4 is 11.7 Å². The molecule has 0 unspecified atom stereocenters. The molecule has 0 heterocycles. The van der Waals surface area contributed by atoms with E-state index in [1.807, 2.05) is 0 Å². The van der Waals surface area contributed by atoms with Crippen LogP contribution in [0.25, 0.3) is 0 Å². The Kier molecular flexibility index (Phi) is 4.23. The van der Waals surface area contributed by atoms with Gasteiger partial charge in [0.15, 0.2) is 5.71 Å². The molecule has 0 aliphatic carbocycles. The van der Waals surface area contributed by atoms with Crippen molar-refractivity contribution in [1.82, 2.24) is 0 Å². The lowest BCUT2D eigenvalue weighted by atomic mass is 10.4. The van der Waals surface area contributed by atoms with E-state index >= 15 is 0 Å². The summed E-state index contributed by atoms with van der Waals surface area (Å²) in [5, 5.41) is 11.6. The normalized spacial score (nSPS) is 11.2. The van der Waals surface area contributed by atoms with Gasteiger partial charge in [0.2, 0.25) is 0 Å². The molecule has 0 amide bonds. The molecule has 0 radical (unpaired) electrons. The number of methoxy groups -OCH3 is 1. The third kappa shape index (κ3) is 3.03. The molecule has 1 N–H and O–H groups in total. The Bertz CT molecular complexity index is 143. The number of carboxylic acid groups (broad SMARTS) is 1. The van der Waals surface area contributed by atoms with E-state index < -0.39 is 5.97 Å². The molecule has 10 heavy (non-hydrogen) atoms. The van der Waals surface area contributed by atoms with Crippen LogP contribution in [0, 0.1) is 0 Å². The average molecular weight is 147 g/mol. The van der Waals surface area contributed by atoms with Gasteiger partial charge in [-0.05, 0) is 0 Å². The molecule has 0 aliphatic heterocycles. The highest BCUT2D eigenvalue weighted by atomic mass is 16.6. The minimum Gasteiger partial charge on any atom is -0.477 e. The number of aliphatic carboxylic acids is 1. The van der Waals surface area contributed by atoms with Crippen LogP contribution in [0.2, 0.25) is 0 Å². The summed E-state index contributed by atoms with van der Waals surface area (Å²) in [4.78, 5) is 14.4. The highest BCUT2D eigenvalue weighted by Gasteiger charge is 2.08. The minimum absolute atomic E-state index is 0.0524. The largest absolute Gasteiger partial charge is 0.477 e. The van der Waals surface area contributed by atoms with Gasteiger partial charge in [-0.3, -0.25) is 0 Å². The van der Waals surface area contributed by atoms with Crippen LogP contribution in [0.3, 0.4) is 0 Å². The van der Waals surface area contributed by atoms with E-state index in [1.165, 1.54) is 14.2 Å². The number of nitrogens with zero attached hydrogens (tertiary/aromatic N) is 1. The lowest BCUT2D eigenvalue weighted by molar-refractivity contribution is -0.129. The van der Waals surface area contributed by atoms with Gasteiger partial charge in [0.05, 0.1) is 6.61 Å². The van der Waals surface area contributed by atoms with Gasteiger partial charge >= 0.3 is 5.97 Å². The number of oxime groups is 1. The monoisotopic (exact) mass is 147 g/mol. The lowest BCUT2D eigenvalue weighted by Crippen LogP contribution is -2.18. The molecule has 0 spiro atoms. The topological polar surface area (TPSA) is 68.1 Å². The number of ether oxygens (including phenoxy) is 1. The zero-order valence-electron chi connectivity index (χ0n) is 5.83. The summed E-state index contributed by atoms with van der Waals surface area (Å²) < 4.78 is 4.53. The van der Waals surface area contributed by atoms with Crippen LogP contribution in [0.5, 0.6) is 0 Å². The highest BCUT2D eigenvalue weighted by Crippen LogP contribution is 1.81. The quantitative estimate of drug-likeness (QED) is 0.438. The predicted octanol–water partition coefficient (Wildman–Crippen LogP) is -0.280. The van der Waals surface area contributed by atoms with E-state index in [0.717, 1.165) is 0 Å². The Morgan fingerprint density at radius 3 is 2.50 bits per heavy atom. The number of carbonyl (C=O) groups is 1. The Morgan fingerprint density at radius 2 is 2.20 bits per heavy atom. The fourth-order valence-corrected chi connectivity index (χ4v) is 0.374. The minimum atomic E-state index is -1.14. The Morgan fingerprint density at radius 1 is 1.60 bits per heavy atom. The van der Waals surface area contributed by atoms with Crippen molar-refractivity contribution in [2.45, 2.75) is 0 Å². The molecule has 5 nitrogen and oxygen atoms in total. The average Bonchev–Trinajstić information content (AvgIpc) is 1.87. The van der Waals surface area contributed by atoms with Gasteiger partial charge in [0.1, 0.15) is 7.11 Å². The summed E-state index contributed by atoms with van der Waals surface area (Å²) in [5.74, 6) is -1.14. The van der Waals surface area contributed by atoms with Crippen LogP contribution in [0.15, 0.2) is 5.16 Å². The van der Waals surface area contributed by atoms with Crippen molar-refractivity contribution < 1.29 is 19.5 Å².